The van der Waals surface area contributed by atoms with Crippen LogP contribution in [-0.2, 0) is 16.0 Å². The lowest BCUT2D eigenvalue weighted by atomic mass is 10.1. The number of carbonyl (C=O) groups is 2. The number of hydrogen-bond donors (Lipinski definition) is 2. The van der Waals surface area contributed by atoms with Crippen LogP contribution in [0.15, 0.2) is 24.4 Å². The summed E-state index contributed by atoms with van der Waals surface area (Å²) < 4.78 is 5.29. The predicted octanol–water partition coefficient (Wildman–Crippen LogP) is 2.97. The maximum Gasteiger partial charge on any atom is 0.311 e. The van der Waals surface area contributed by atoms with E-state index in [-0.39, 0.29) is 12.8 Å². The number of aromatic amines is 1. The molecule has 1 aromatic heterocycles. The molecule has 0 saturated carbocycles. The van der Waals surface area contributed by atoms with E-state index < -0.39 is 11.9 Å². The molecular formula is C19H24N2O4. The molecule has 6 heteroatoms. The first-order valence-electron chi connectivity index (χ1n) is 8.86. The Morgan fingerprint density at radius 1 is 1.20 bits per heavy atom. The van der Waals surface area contributed by atoms with Crippen LogP contribution >= 0.6 is 0 Å². The van der Waals surface area contributed by atoms with Gasteiger partial charge in [-0.15, -0.1) is 0 Å². The van der Waals surface area contributed by atoms with Gasteiger partial charge in [0, 0.05) is 42.6 Å². The smallest absolute Gasteiger partial charge is 0.311 e. The van der Waals surface area contributed by atoms with E-state index in [0.717, 1.165) is 23.9 Å². The second kappa shape index (κ2) is 8.16. The molecule has 0 unspecified atom stereocenters. The van der Waals surface area contributed by atoms with Gasteiger partial charge in [-0.3, -0.25) is 9.59 Å². The van der Waals surface area contributed by atoms with Crippen molar-refractivity contribution in [3.8, 4) is 5.75 Å². The van der Waals surface area contributed by atoms with Crippen LogP contribution in [0.1, 0.15) is 37.7 Å². The highest BCUT2D eigenvalue weighted by molar-refractivity contribution is 5.85. The number of fused-ring (bicyclic) bond motifs is 1. The van der Waals surface area contributed by atoms with Gasteiger partial charge in [-0.1, -0.05) is 0 Å². The monoisotopic (exact) mass is 344 g/mol. The van der Waals surface area contributed by atoms with Crippen molar-refractivity contribution in [3.63, 3.8) is 0 Å². The molecule has 1 saturated heterocycles. The second-order valence-electron chi connectivity index (χ2n) is 6.54. The quantitative estimate of drug-likeness (QED) is 0.568. The van der Waals surface area contributed by atoms with Crippen molar-refractivity contribution in [2.24, 2.45) is 0 Å². The van der Waals surface area contributed by atoms with Crippen LogP contribution in [0.4, 0.5) is 0 Å². The van der Waals surface area contributed by atoms with Gasteiger partial charge in [0.1, 0.15) is 5.75 Å². The number of aliphatic carboxylic acids is 1. The molecular weight excluding hydrogens is 320 g/mol. The third kappa shape index (κ3) is 4.82. The summed E-state index contributed by atoms with van der Waals surface area (Å²) in [7, 11) is 0. The van der Waals surface area contributed by atoms with Gasteiger partial charge in [-0.05, 0) is 56.5 Å². The highest BCUT2D eigenvalue weighted by Crippen LogP contribution is 2.24. The highest BCUT2D eigenvalue weighted by Gasteiger charge is 2.13. The Bertz CT molecular complexity index is 747. The number of carboxylic acid groups (broad SMARTS) is 1. The molecule has 0 atom stereocenters. The zero-order chi connectivity index (χ0) is 17.6. The number of likely N-dealkylation sites (tertiary alicyclic amines) is 1. The zero-order valence-corrected chi connectivity index (χ0v) is 14.3. The fourth-order valence-corrected chi connectivity index (χ4v) is 3.29. The van der Waals surface area contributed by atoms with Crippen molar-refractivity contribution >= 4 is 22.8 Å². The molecule has 3 rings (SSSR count). The number of carboxylic acids is 1. The van der Waals surface area contributed by atoms with Gasteiger partial charge in [-0.25, -0.2) is 0 Å². The number of ether oxygens (including phenoxy) is 1. The van der Waals surface area contributed by atoms with Crippen LogP contribution in [0.3, 0.4) is 0 Å². The van der Waals surface area contributed by atoms with E-state index in [1.165, 1.54) is 31.5 Å². The largest absolute Gasteiger partial charge is 0.481 e. The van der Waals surface area contributed by atoms with Crippen molar-refractivity contribution in [1.29, 1.82) is 0 Å². The Kier molecular flexibility index (Phi) is 5.71. The van der Waals surface area contributed by atoms with Crippen LogP contribution in [-0.4, -0.2) is 46.6 Å². The molecule has 1 fully saturated rings. The van der Waals surface area contributed by atoms with Crippen molar-refractivity contribution < 1.29 is 19.4 Å². The summed E-state index contributed by atoms with van der Waals surface area (Å²) in [6, 6.07) is 5.60. The maximum absolute atomic E-state index is 11.8. The number of nitrogens with one attached hydrogen (secondary N) is 1. The number of carbonyl (C=O) groups excluding carboxylic acids is 1. The van der Waals surface area contributed by atoms with Crippen molar-refractivity contribution in [2.75, 3.05) is 19.6 Å². The maximum atomic E-state index is 11.8. The van der Waals surface area contributed by atoms with Gasteiger partial charge >= 0.3 is 11.9 Å². The van der Waals surface area contributed by atoms with Gasteiger partial charge in [-0.2, -0.15) is 0 Å². The van der Waals surface area contributed by atoms with Crippen LogP contribution in [0.2, 0.25) is 0 Å². The molecule has 1 aromatic carbocycles. The standard InChI is InChI=1S/C19H24N2O4/c22-18(23)4-3-5-19(24)25-15-6-7-16-14(13-20-17(16)12-15)8-11-21-9-1-2-10-21/h6-7,12-13,20H,1-5,8-11H2,(H,22,23). The molecule has 2 aromatic rings. The highest BCUT2D eigenvalue weighted by atomic mass is 16.5. The summed E-state index contributed by atoms with van der Waals surface area (Å²) >= 11 is 0. The van der Waals surface area contributed by atoms with Crippen molar-refractivity contribution in [1.82, 2.24) is 9.88 Å². The summed E-state index contributed by atoms with van der Waals surface area (Å²) in [6.45, 7) is 3.47. The number of benzene rings is 1. The predicted molar refractivity (Wildman–Crippen MR) is 94.8 cm³/mol. The first-order valence-corrected chi connectivity index (χ1v) is 8.86. The van der Waals surface area contributed by atoms with E-state index in [4.69, 9.17) is 9.84 Å². The van der Waals surface area contributed by atoms with Crippen LogP contribution in [0.25, 0.3) is 10.9 Å². The summed E-state index contributed by atoms with van der Waals surface area (Å²) in [5, 5.41) is 9.75. The van der Waals surface area contributed by atoms with Crippen molar-refractivity contribution in [2.45, 2.75) is 38.5 Å². The fraction of sp³-hybridized carbons (Fsp3) is 0.474. The van der Waals surface area contributed by atoms with E-state index >= 15 is 0 Å². The topological polar surface area (TPSA) is 82.6 Å². The van der Waals surface area contributed by atoms with Gasteiger partial charge in [0.2, 0.25) is 0 Å². The number of rotatable bonds is 8. The van der Waals surface area contributed by atoms with Gasteiger partial charge in [0.15, 0.2) is 0 Å². The van der Waals surface area contributed by atoms with E-state index in [2.05, 4.69) is 9.88 Å². The average molecular weight is 344 g/mol. The lowest BCUT2D eigenvalue weighted by Crippen LogP contribution is -2.21. The Balaban J connectivity index is 1.57. The van der Waals surface area contributed by atoms with Gasteiger partial charge in [0.25, 0.3) is 0 Å². The summed E-state index contributed by atoms with van der Waals surface area (Å²) in [6.07, 6.45) is 6.01. The van der Waals surface area contributed by atoms with E-state index in [1.54, 1.807) is 6.07 Å². The van der Waals surface area contributed by atoms with Crippen molar-refractivity contribution in [3.05, 3.63) is 30.0 Å². The lowest BCUT2D eigenvalue weighted by molar-refractivity contribution is -0.137. The molecule has 2 N–H and O–H groups in total. The molecule has 0 bridgehead atoms. The molecule has 0 aliphatic carbocycles. The Morgan fingerprint density at radius 2 is 2.00 bits per heavy atom. The molecule has 0 radical (unpaired) electrons. The van der Waals surface area contributed by atoms with Crippen LogP contribution < -0.4 is 4.74 Å². The molecule has 2 heterocycles. The van der Waals surface area contributed by atoms with E-state index in [9.17, 15) is 9.59 Å². The first-order chi connectivity index (χ1) is 12.1. The average Bonchev–Trinajstić information content (AvgIpc) is 3.21. The molecule has 134 valence electrons. The van der Waals surface area contributed by atoms with Crippen LogP contribution in [0, 0.1) is 0 Å². The number of hydrogen-bond acceptors (Lipinski definition) is 4. The third-order valence-electron chi connectivity index (χ3n) is 4.64. The molecule has 0 spiro atoms. The van der Waals surface area contributed by atoms with Crippen LogP contribution in [0.5, 0.6) is 5.75 Å². The zero-order valence-electron chi connectivity index (χ0n) is 14.3. The SMILES string of the molecule is O=C(O)CCCC(=O)Oc1ccc2c(CCN3CCCC3)c[nH]c2c1. The van der Waals surface area contributed by atoms with Gasteiger partial charge < -0.3 is 19.7 Å². The lowest BCUT2D eigenvalue weighted by Gasteiger charge is -2.13. The Labute approximate surface area is 146 Å². The number of esters is 1. The normalized spacial score (nSPS) is 14.9. The minimum Gasteiger partial charge on any atom is -0.481 e. The Morgan fingerprint density at radius 3 is 2.76 bits per heavy atom. The summed E-state index contributed by atoms with van der Waals surface area (Å²) in [4.78, 5) is 28.0. The minimum atomic E-state index is -0.901. The third-order valence-corrected chi connectivity index (χ3v) is 4.64. The summed E-state index contributed by atoms with van der Waals surface area (Å²) in [5.41, 5.74) is 2.23. The first kappa shape index (κ1) is 17.5. The fourth-order valence-electron chi connectivity index (χ4n) is 3.29. The van der Waals surface area contributed by atoms with E-state index in [0.29, 0.717) is 12.2 Å². The molecule has 25 heavy (non-hydrogen) atoms. The molecule has 6 nitrogen and oxygen atoms in total. The number of H-pyrrole nitrogens is 1. The summed E-state index contributed by atoms with van der Waals surface area (Å²) in [5.74, 6) is -0.816. The minimum absolute atomic E-state index is 0.0227. The number of nitrogens with zero attached hydrogens (tertiary/aromatic N) is 1. The molecule has 0 amide bonds. The molecule has 1 aliphatic heterocycles. The van der Waals surface area contributed by atoms with Gasteiger partial charge in [0.05, 0.1) is 0 Å². The van der Waals surface area contributed by atoms with E-state index in [1.807, 2.05) is 18.3 Å². The Hall–Kier alpha value is -2.34. The second-order valence-corrected chi connectivity index (χ2v) is 6.54. The number of aromatic nitrogens is 1. The molecule has 1 aliphatic rings.